The van der Waals surface area contributed by atoms with E-state index < -0.39 is 24.4 Å². The van der Waals surface area contributed by atoms with Crippen LogP contribution < -0.4 is 20.5 Å². The molecule has 2 aromatic rings. The molecule has 3 N–H and O–H groups in total. The van der Waals surface area contributed by atoms with Crippen LogP contribution in [0.15, 0.2) is 12.1 Å². The summed E-state index contributed by atoms with van der Waals surface area (Å²) < 4.78 is 15.4. The highest BCUT2D eigenvalue weighted by Gasteiger charge is 2.26. The van der Waals surface area contributed by atoms with Crippen molar-refractivity contribution in [3.05, 3.63) is 38.7 Å². The number of nitrogens with one attached hydrogen (secondary N) is 1. The number of ether oxygens (including phenoxy) is 3. The molecule has 2 aliphatic rings. The predicted octanol–water partition coefficient (Wildman–Crippen LogP) is 2.51. The van der Waals surface area contributed by atoms with Crippen molar-refractivity contribution in [2.75, 3.05) is 18.7 Å². The monoisotopic (exact) mass is 422 g/mol. The summed E-state index contributed by atoms with van der Waals surface area (Å²) in [6.07, 6.45) is 2.58. The maximum absolute atomic E-state index is 12.2. The maximum atomic E-state index is 12.2. The van der Waals surface area contributed by atoms with E-state index in [1.54, 1.807) is 0 Å². The summed E-state index contributed by atoms with van der Waals surface area (Å²) in [6.45, 7) is -0.505. The number of hydrogen-bond donors (Lipinski definition) is 2. The van der Waals surface area contributed by atoms with Crippen molar-refractivity contribution in [3.8, 4) is 11.5 Å². The second-order valence-electron chi connectivity index (χ2n) is 6.24. The average molecular weight is 423 g/mol. The molecule has 1 aromatic heterocycles. The number of esters is 1. The number of nitrogens with two attached hydrogens (primary N) is 1. The van der Waals surface area contributed by atoms with Crippen LogP contribution in [-0.4, -0.2) is 31.2 Å². The van der Waals surface area contributed by atoms with E-state index in [9.17, 15) is 14.4 Å². The molecule has 0 atom stereocenters. The molecule has 0 saturated carbocycles. The molecule has 0 unspecified atom stereocenters. The lowest BCUT2D eigenvalue weighted by atomic mass is 10.1. The van der Waals surface area contributed by atoms with Gasteiger partial charge in [-0.15, -0.1) is 11.3 Å². The van der Waals surface area contributed by atoms with Crippen LogP contribution in [0.1, 0.15) is 37.6 Å². The minimum absolute atomic E-state index is 0.0168. The molecule has 0 saturated heterocycles. The van der Waals surface area contributed by atoms with Gasteiger partial charge in [-0.2, -0.15) is 0 Å². The molecular formula is C18H15ClN2O6S. The van der Waals surface area contributed by atoms with Gasteiger partial charge in [0.25, 0.3) is 11.8 Å². The van der Waals surface area contributed by atoms with E-state index in [0.29, 0.717) is 22.1 Å². The van der Waals surface area contributed by atoms with Crippen molar-refractivity contribution < 1.29 is 28.6 Å². The third-order valence-electron chi connectivity index (χ3n) is 4.42. The Labute approximate surface area is 168 Å². The highest BCUT2D eigenvalue weighted by atomic mass is 35.5. The zero-order valence-electron chi connectivity index (χ0n) is 14.5. The quantitative estimate of drug-likeness (QED) is 0.715. The highest BCUT2D eigenvalue weighted by Crippen LogP contribution is 2.40. The summed E-state index contributed by atoms with van der Waals surface area (Å²) >= 11 is 7.37. The fraction of sp³-hybridized carbons (Fsp3) is 0.278. The molecule has 0 radical (unpaired) electrons. The Morgan fingerprint density at radius 3 is 2.86 bits per heavy atom. The third kappa shape index (κ3) is 3.38. The molecule has 10 heteroatoms. The molecule has 2 amide bonds. The van der Waals surface area contributed by atoms with Crippen LogP contribution in [0.4, 0.5) is 5.00 Å². The van der Waals surface area contributed by atoms with Crippen LogP contribution in [0, 0.1) is 0 Å². The number of anilines is 1. The summed E-state index contributed by atoms with van der Waals surface area (Å²) in [5.74, 6) is -1.19. The molecule has 0 spiro atoms. The van der Waals surface area contributed by atoms with Crippen molar-refractivity contribution in [1.29, 1.82) is 0 Å². The lowest BCUT2D eigenvalue weighted by Crippen LogP contribution is -2.22. The van der Waals surface area contributed by atoms with E-state index in [1.165, 1.54) is 23.5 Å². The van der Waals surface area contributed by atoms with Crippen LogP contribution in [0.25, 0.3) is 0 Å². The van der Waals surface area contributed by atoms with Gasteiger partial charge in [0.1, 0.15) is 5.00 Å². The molecule has 1 aliphatic carbocycles. The Morgan fingerprint density at radius 2 is 2.07 bits per heavy atom. The lowest BCUT2D eigenvalue weighted by Gasteiger charge is -2.08. The van der Waals surface area contributed by atoms with Crippen molar-refractivity contribution in [1.82, 2.24) is 0 Å². The van der Waals surface area contributed by atoms with Gasteiger partial charge in [0.05, 0.1) is 16.1 Å². The predicted molar refractivity (Wildman–Crippen MR) is 101 cm³/mol. The molecule has 0 bridgehead atoms. The fourth-order valence-electron chi connectivity index (χ4n) is 3.22. The summed E-state index contributed by atoms with van der Waals surface area (Å²) in [5.41, 5.74) is 6.85. The van der Waals surface area contributed by atoms with Crippen molar-refractivity contribution in [2.24, 2.45) is 5.73 Å². The Hall–Kier alpha value is -2.78. The van der Waals surface area contributed by atoms with Crippen LogP contribution in [0.5, 0.6) is 11.5 Å². The number of amides is 2. The zero-order valence-corrected chi connectivity index (χ0v) is 16.1. The average Bonchev–Trinajstić information content (AvgIpc) is 3.34. The molecule has 4 rings (SSSR count). The van der Waals surface area contributed by atoms with Gasteiger partial charge >= 0.3 is 5.97 Å². The Bertz CT molecular complexity index is 1000. The van der Waals surface area contributed by atoms with Gasteiger partial charge < -0.3 is 25.3 Å². The largest absolute Gasteiger partial charge is 0.454 e. The number of halogens is 1. The normalized spacial score (nSPS) is 13.9. The van der Waals surface area contributed by atoms with E-state index in [-0.39, 0.29) is 17.4 Å². The minimum atomic E-state index is -0.737. The molecule has 1 aliphatic heterocycles. The number of thiophene rings is 1. The summed E-state index contributed by atoms with van der Waals surface area (Å²) in [7, 11) is 0. The van der Waals surface area contributed by atoms with E-state index in [2.05, 4.69) is 5.32 Å². The first-order valence-corrected chi connectivity index (χ1v) is 9.64. The second kappa shape index (κ2) is 7.33. The maximum Gasteiger partial charge on any atom is 0.338 e. The van der Waals surface area contributed by atoms with Gasteiger partial charge in [0.15, 0.2) is 18.1 Å². The van der Waals surface area contributed by atoms with Gasteiger partial charge in [-0.3, -0.25) is 9.59 Å². The molecule has 8 nitrogen and oxygen atoms in total. The van der Waals surface area contributed by atoms with Crippen LogP contribution in [0.2, 0.25) is 5.02 Å². The van der Waals surface area contributed by atoms with E-state index in [4.69, 9.17) is 31.5 Å². The number of hydrogen-bond acceptors (Lipinski definition) is 7. The number of primary amides is 1. The fourth-order valence-corrected chi connectivity index (χ4v) is 4.79. The topological polar surface area (TPSA) is 117 Å². The van der Waals surface area contributed by atoms with E-state index in [1.807, 2.05) is 0 Å². The van der Waals surface area contributed by atoms with Gasteiger partial charge in [-0.25, -0.2) is 4.79 Å². The summed E-state index contributed by atoms with van der Waals surface area (Å²) in [4.78, 5) is 37.2. The number of carbonyl (C=O) groups excluding carboxylic acids is 3. The first-order chi connectivity index (χ1) is 13.4. The van der Waals surface area contributed by atoms with Gasteiger partial charge in [-0.05, 0) is 37.0 Å². The summed E-state index contributed by atoms with van der Waals surface area (Å²) in [6, 6.07) is 2.81. The molecule has 0 fully saturated rings. The van der Waals surface area contributed by atoms with Gasteiger partial charge in [0.2, 0.25) is 6.79 Å². The van der Waals surface area contributed by atoms with Crippen molar-refractivity contribution >= 4 is 45.7 Å². The molecule has 146 valence electrons. The lowest BCUT2D eigenvalue weighted by molar-refractivity contribution is -0.119. The van der Waals surface area contributed by atoms with Gasteiger partial charge in [0, 0.05) is 4.88 Å². The number of fused-ring (bicyclic) bond motifs is 2. The number of benzene rings is 1. The third-order valence-corrected chi connectivity index (χ3v) is 5.91. The Balaban J connectivity index is 1.41. The Kier molecular flexibility index (Phi) is 4.86. The van der Waals surface area contributed by atoms with Crippen LogP contribution in [-0.2, 0) is 22.4 Å². The molecule has 2 heterocycles. The first kappa shape index (κ1) is 18.6. The zero-order chi connectivity index (χ0) is 19.8. The highest BCUT2D eigenvalue weighted by molar-refractivity contribution is 7.17. The summed E-state index contributed by atoms with van der Waals surface area (Å²) in [5, 5.41) is 3.22. The van der Waals surface area contributed by atoms with Crippen molar-refractivity contribution in [2.45, 2.75) is 19.3 Å². The van der Waals surface area contributed by atoms with Crippen molar-refractivity contribution in [3.63, 3.8) is 0 Å². The number of rotatable bonds is 5. The first-order valence-electron chi connectivity index (χ1n) is 8.44. The van der Waals surface area contributed by atoms with Crippen LogP contribution in [0.3, 0.4) is 0 Å². The number of carbonyl (C=O) groups is 3. The van der Waals surface area contributed by atoms with Gasteiger partial charge in [-0.1, -0.05) is 11.6 Å². The molecule has 1 aromatic carbocycles. The molecule has 28 heavy (non-hydrogen) atoms. The SMILES string of the molecule is NC(=O)c1c(NC(=O)COC(=O)c2cc(Cl)c3c(c2)OCO3)sc2c1CCC2. The smallest absolute Gasteiger partial charge is 0.338 e. The van der Waals surface area contributed by atoms with E-state index in [0.717, 1.165) is 29.7 Å². The number of aryl methyl sites for hydroxylation is 1. The van der Waals surface area contributed by atoms with Crippen LogP contribution >= 0.6 is 22.9 Å². The second-order valence-corrected chi connectivity index (χ2v) is 7.75. The molecular weight excluding hydrogens is 408 g/mol. The van der Waals surface area contributed by atoms with E-state index >= 15 is 0 Å². The standard InChI is InChI=1S/C18H15ClN2O6S/c19-10-4-8(5-11-15(10)27-7-26-11)18(24)25-6-13(22)21-17-14(16(20)23)9-2-1-3-12(9)28-17/h4-5H,1-3,6-7H2,(H2,20,23)(H,21,22). The minimum Gasteiger partial charge on any atom is -0.454 e. The Morgan fingerprint density at radius 1 is 1.25 bits per heavy atom.